The van der Waals surface area contributed by atoms with Gasteiger partial charge in [0, 0.05) is 25.8 Å². The van der Waals surface area contributed by atoms with Crippen molar-refractivity contribution in [1.29, 1.82) is 0 Å². The topological polar surface area (TPSA) is 66.8 Å². The van der Waals surface area contributed by atoms with E-state index < -0.39 is 5.97 Å². The summed E-state index contributed by atoms with van der Waals surface area (Å²) < 4.78 is 5.07. The van der Waals surface area contributed by atoms with E-state index in [-0.39, 0.29) is 18.9 Å². The second-order valence-corrected chi connectivity index (χ2v) is 4.12. The van der Waals surface area contributed by atoms with Crippen molar-refractivity contribution < 1.29 is 19.4 Å². The van der Waals surface area contributed by atoms with Crippen LogP contribution in [0.5, 0.6) is 0 Å². The maximum atomic E-state index is 12.4. The molecule has 0 aliphatic carbocycles. The Morgan fingerprint density at radius 2 is 2.00 bits per heavy atom. The summed E-state index contributed by atoms with van der Waals surface area (Å²) in [5.41, 5.74) is 1.38. The molecule has 5 nitrogen and oxygen atoms in total. The molecule has 0 bridgehead atoms. The molecule has 0 unspecified atom stereocenters. The number of amides is 1. The van der Waals surface area contributed by atoms with Crippen molar-refractivity contribution >= 4 is 11.9 Å². The van der Waals surface area contributed by atoms with Gasteiger partial charge in [0.25, 0.3) is 5.91 Å². The quantitative estimate of drug-likeness (QED) is 0.816. The van der Waals surface area contributed by atoms with Gasteiger partial charge in [0.2, 0.25) is 0 Å². The van der Waals surface area contributed by atoms with E-state index in [2.05, 4.69) is 0 Å². The molecule has 0 saturated carbocycles. The van der Waals surface area contributed by atoms with Crippen molar-refractivity contribution in [1.82, 2.24) is 4.90 Å². The Bertz CT molecular complexity index is 445. The predicted molar refractivity (Wildman–Crippen MR) is 71.0 cm³/mol. The van der Waals surface area contributed by atoms with Gasteiger partial charge in [0.05, 0.1) is 13.0 Å². The minimum Gasteiger partial charge on any atom is -0.481 e. The van der Waals surface area contributed by atoms with Crippen LogP contribution in [0.4, 0.5) is 0 Å². The number of carboxylic acids is 1. The van der Waals surface area contributed by atoms with E-state index >= 15 is 0 Å². The first-order valence-electron chi connectivity index (χ1n) is 6.18. The maximum Gasteiger partial charge on any atom is 0.305 e. The van der Waals surface area contributed by atoms with Crippen LogP contribution in [0.15, 0.2) is 24.3 Å². The summed E-state index contributed by atoms with van der Waals surface area (Å²) in [6.45, 7) is 2.89. The number of hydrogen-bond acceptors (Lipinski definition) is 3. The van der Waals surface area contributed by atoms with Crippen LogP contribution >= 0.6 is 0 Å². The van der Waals surface area contributed by atoms with Gasteiger partial charge in [-0.15, -0.1) is 0 Å². The van der Waals surface area contributed by atoms with Gasteiger partial charge < -0.3 is 14.7 Å². The van der Waals surface area contributed by atoms with Crippen LogP contribution < -0.4 is 0 Å². The molecule has 1 aromatic carbocycles. The third kappa shape index (κ3) is 4.37. The first-order valence-corrected chi connectivity index (χ1v) is 6.18. The molecule has 0 saturated heterocycles. The van der Waals surface area contributed by atoms with E-state index in [9.17, 15) is 9.59 Å². The predicted octanol–water partition coefficient (Wildman–Crippen LogP) is 1.77. The number of aliphatic carboxylic acids is 1. The zero-order valence-electron chi connectivity index (χ0n) is 11.3. The number of carbonyl (C=O) groups is 2. The fraction of sp³-hybridized carbons (Fsp3) is 0.429. The first-order chi connectivity index (χ1) is 9.10. The van der Waals surface area contributed by atoms with Crippen LogP contribution in [0, 0.1) is 0 Å². The molecule has 0 atom stereocenters. The molecular weight excluding hydrogens is 246 g/mol. The Hall–Kier alpha value is -1.88. The summed E-state index contributed by atoms with van der Waals surface area (Å²) in [7, 11) is 1.57. The molecule has 1 rings (SSSR count). The van der Waals surface area contributed by atoms with Gasteiger partial charge in [-0.25, -0.2) is 0 Å². The molecule has 5 heteroatoms. The Labute approximate surface area is 112 Å². The molecule has 0 radical (unpaired) electrons. The lowest BCUT2D eigenvalue weighted by Crippen LogP contribution is -2.33. The fourth-order valence-electron chi connectivity index (χ4n) is 1.81. The second-order valence-electron chi connectivity index (χ2n) is 4.12. The Morgan fingerprint density at radius 3 is 2.58 bits per heavy atom. The lowest BCUT2D eigenvalue weighted by atomic mass is 10.1. The lowest BCUT2D eigenvalue weighted by molar-refractivity contribution is -0.137. The summed E-state index contributed by atoms with van der Waals surface area (Å²) in [4.78, 5) is 24.5. The third-order valence-corrected chi connectivity index (χ3v) is 2.81. The van der Waals surface area contributed by atoms with E-state index in [1.807, 2.05) is 19.1 Å². The van der Waals surface area contributed by atoms with Crippen molar-refractivity contribution in [3.8, 4) is 0 Å². The molecule has 19 heavy (non-hydrogen) atoms. The summed E-state index contributed by atoms with van der Waals surface area (Å²) >= 11 is 0. The van der Waals surface area contributed by atoms with Crippen molar-refractivity contribution in [3.63, 3.8) is 0 Å². The third-order valence-electron chi connectivity index (χ3n) is 2.81. The largest absolute Gasteiger partial charge is 0.481 e. The standard InChI is InChI=1S/C14H19NO4/c1-3-15(9-8-13(16)17)14(18)12-7-5-4-6-11(12)10-19-2/h4-7H,3,8-10H2,1-2H3,(H,16,17). The molecule has 0 spiro atoms. The van der Waals surface area contributed by atoms with Gasteiger partial charge in [-0.2, -0.15) is 0 Å². The monoisotopic (exact) mass is 265 g/mol. The summed E-state index contributed by atoms with van der Waals surface area (Å²) in [6, 6.07) is 7.21. The van der Waals surface area contributed by atoms with E-state index in [4.69, 9.17) is 9.84 Å². The number of benzene rings is 1. The number of methoxy groups -OCH3 is 1. The van der Waals surface area contributed by atoms with Crippen LogP contribution in [-0.4, -0.2) is 42.1 Å². The molecule has 1 amide bonds. The fourth-order valence-corrected chi connectivity index (χ4v) is 1.81. The molecule has 0 fully saturated rings. The number of ether oxygens (including phenoxy) is 1. The van der Waals surface area contributed by atoms with Crippen molar-refractivity contribution in [2.75, 3.05) is 20.2 Å². The molecule has 0 aliphatic rings. The minimum absolute atomic E-state index is 0.0496. The lowest BCUT2D eigenvalue weighted by Gasteiger charge is -2.21. The number of nitrogens with zero attached hydrogens (tertiary/aromatic N) is 1. The molecule has 1 N–H and O–H groups in total. The highest BCUT2D eigenvalue weighted by molar-refractivity contribution is 5.95. The molecule has 0 heterocycles. The van der Waals surface area contributed by atoms with Gasteiger partial charge in [-0.3, -0.25) is 9.59 Å². The molecule has 0 aromatic heterocycles. The average molecular weight is 265 g/mol. The SMILES string of the molecule is CCN(CCC(=O)O)C(=O)c1ccccc1COC. The van der Waals surface area contributed by atoms with Crippen molar-refractivity contribution in [3.05, 3.63) is 35.4 Å². The van der Waals surface area contributed by atoms with E-state index in [1.54, 1.807) is 19.2 Å². The minimum atomic E-state index is -0.906. The molecular formula is C14H19NO4. The Kier molecular flexibility index (Phi) is 6.02. The highest BCUT2D eigenvalue weighted by atomic mass is 16.5. The highest BCUT2D eigenvalue weighted by Gasteiger charge is 2.17. The highest BCUT2D eigenvalue weighted by Crippen LogP contribution is 2.13. The van der Waals surface area contributed by atoms with Crippen LogP contribution in [-0.2, 0) is 16.1 Å². The number of rotatable bonds is 7. The number of carboxylic acid groups (broad SMARTS) is 1. The smallest absolute Gasteiger partial charge is 0.305 e. The van der Waals surface area contributed by atoms with E-state index in [0.717, 1.165) is 5.56 Å². The van der Waals surface area contributed by atoms with Gasteiger partial charge in [0.1, 0.15) is 0 Å². The van der Waals surface area contributed by atoms with Gasteiger partial charge in [-0.1, -0.05) is 18.2 Å². The number of carbonyl (C=O) groups excluding carboxylic acids is 1. The van der Waals surface area contributed by atoms with E-state index in [0.29, 0.717) is 18.7 Å². The van der Waals surface area contributed by atoms with Crippen LogP contribution in [0.1, 0.15) is 29.3 Å². The Morgan fingerprint density at radius 1 is 1.32 bits per heavy atom. The summed E-state index contributed by atoms with van der Waals surface area (Å²) in [6.07, 6.45) is -0.0496. The van der Waals surface area contributed by atoms with Crippen LogP contribution in [0.3, 0.4) is 0 Å². The summed E-state index contributed by atoms with van der Waals surface area (Å²) in [5, 5.41) is 8.69. The van der Waals surface area contributed by atoms with Crippen LogP contribution in [0.2, 0.25) is 0 Å². The average Bonchev–Trinajstić information content (AvgIpc) is 2.40. The molecule has 1 aromatic rings. The summed E-state index contributed by atoms with van der Waals surface area (Å²) in [5.74, 6) is -1.06. The van der Waals surface area contributed by atoms with E-state index in [1.165, 1.54) is 4.90 Å². The van der Waals surface area contributed by atoms with Gasteiger partial charge >= 0.3 is 5.97 Å². The normalized spacial score (nSPS) is 10.2. The van der Waals surface area contributed by atoms with Gasteiger partial charge in [0.15, 0.2) is 0 Å². The maximum absolute atomic E-state index is 12.4. The zero-order valence-corrected chi connectivity index (χ0v) is 11.3. The number of hydrogen-bond donors (Lipinski definition) is 1. The van der Waals surface area contributed by atoms with Crippen LogP contribution in [0.25, 0.3) is 0 Å². The second kappa shape index (κ2) is 7.53. The Balaban J connectivity index is 2.87. The zero-order chi connectivity index (χ0) is 14.3. The molecule has 0 aliphatic heterocycles. The van der Waals surface area contributed by atoms with Crippen molar-refractivity contribution in [2.45, 2.75) is 20.0 Å². The molecule has 104 valence electrons. The van der Waals surface area contributed by atoms with Gasteiger partial charge in [-0.05, 0) is 18.6 Å². The van der Waals surface area contributed by atoms with Crippen molar-refractivity contribution in [2.24, 2.45) is 0 Å². The first kappa shape index (κ1) is 15.2.